The van der Waals surface area contributed by atoms with Gasteiger partial charge in [-0.05, 0) is 17.7 Å². The molecule has 1 amide bonds. The molecule has 0 atom stereocenters. The number of amides is 1. The fraction of sp³-hybridized carbons (Fsp3) is 0.222. The Morgan fingerprint density at radius 2 is 2.08 bits per heavy atom. The van der Waals surface area contributed by atoms with Crippen LogP contribution in [-0.2, 0) is 11.3 Å². The molecular formula is C9H10BrNO2. The summed E-state index contributed by atoms with van der Waals surface area (Å²) in [4.78, 5) is 10.7. The molecule has 1 rings (SSSR count). The summed E-state index contributed by atoms with van der Waals surface area (Å²) in [6.07, 6.45) is -0.414. The lowest BCUT2D eigenvalue weighted by atomic mass is 10.2. The third-order valence-corrected chi connectivity index (χ3v) is 2.06. The van der Waals surface area contributed by atoms with Gasteiger partial charge in [0.15, 0.2) is 0 Å². The van der Waals surface area contributed by atoms with Crippen LogP contribution in [0.3, 0.4) is 0 Å². The second kappa shape index (κ2) is 4.87. The van der Waals surface area contributed by atoms with Crippen molar-refractivity contribution in [3.05, 3.63) is 34.3 Å². The molecular weight excluding hydrogens is 234 g/mol. The average Bonchev–Trinajstić information content (AvgIpc) is 2.16. The summed E-state index contributed by atoms with van der Waals surface area (Å²) in [5.41, 5.74) is 1.04. The minimum Gasteiger partial charge on any atom is -0.453 e. The number of halogens is 1. The molecule has 0 aliphatic rings. The van der Waals surface area contributed by atoms with Gasteiger partial charge in [-0.1, -0.05) is 28.1 Å². The molecule has 4 heteroatoms. The maximum Gasteiger partial charge on any atom is 0.407 e. The van der Waals surface area contributed by atoms with Gasteiger partial charge in [-0.25, -0.2) is 4.79 Å². The number of methoxy groups -OCH3 is 1. The molecule has 13 heavy (non-hydrogen) atoms. The first-order valence-electron chi connectivity index (χ1n) is 3.78. The van der Waals surface area contributed by atoms with Crippen LogP contribution in [0.4, 0.5) is 4.79 Å². The van der Waals surface area contributed by atoms with Gasteiger partial charge in [0.2, 0.25) is 0 Å². The van der Waals surface area contributed by atoms with Gasteiger partial charge in [-0.3, -0.25) is 0 Å². The maximum atomic E-state index is 10.7. The molecule has 0 fully saturated rings. The molecule has 1 aromatic rings. The number of benzene rings is 1. The zero-order chi connectivity index (χ0) is 9.68. The van der Waals surface area contributed by atoms with E-state index in [-0.39, 0.29) is 0 Å². The maximum absolute atomic E-state index is 10.7. The summed E-state index contributed by atoms with van der Waals surface area (Å²) in [5, 5.41) is 2.59. The van der Waals surface area contributed by atoms with Gasteiger partial charge in [-0.2, -0.15) is 0 Å². The Morgan fingerprint density at radius 1 is 1.46 bits per heavy atom. The molecule has 0 saturated heterocycles. The predicted molar refractivity (Wildman–Crippen MR) is 53.4 cm³/mol. The van der Waals surface area contributed by atoms with Gasteiger partial charge >= 0.3 is 6.09 Å². The van der Waals surface area contributed by atoms with E-state index in [4.69, 9.17) is 0 Å². The molecule has 0 aliphatic carbocycles. The van der Waals surface area contributed by atoms with Crippen LogP contribution in [0.5, 0.6) is 0 Å². The highest BCUT2D eigenvalue weighted by molar-refractivity contribution is 9.10. The Bertz CT molecular complexity index is 284. The second-order valence-corrected chi connectivity index (χ2v) is 3.39. The Morgan fingerprint density at radius 3 is 2.62 bits per heavy atom. The fourth-order valence-corrected chi connectivity index (χ4v) is 1.11. The SMILES string of the molecule is COC(=O)NCc1ccc(Br)cc1. The normalized spacial score (nSPS) is 9.38. The van der Waals surface area contributed by atoms with Crippen LogP contribution in [0, 0.1) is 0 Å². The van der Waals surface area contributed by atoms with E-state index in [0.29, 0.717) is 6.54 Å². The highest BCUT2D eigenvalue weighted by Crippen LogP contribution is 2.09. The van der Waals surface area contributed by atoms with Crippen LogP contribution in [-0.4, -0.2) is 13.2 Å². The minimum absolute atomic E-state index is 0.414. The Labute approximate surface area is 85.2 Å². The summed E-state index contributed by atoms with van der Waals surface area (Å²) < 4.78 is 5.46. The molecule has 1 aromatic carbocycles. The van der Waals surface area contributed by atoms with Crippen molar-refractivity contribution < 1.29 is 9.53 Å². The average molecular weight is 244 g/mol. The Kier molecular flexibility index (Phi) is 3.76. The molecule has 70 valence electrons. The first-order chi connectivity index (χ1) is 6.22. The second-order valence-electron chi connectivity index (χ2n) is 2.47. The van der Waals surface area contributed by atoms with Crippen molar-refractivity contribution in [2.75, 3.05) is 7.11 Å². The van der Waals surface area contributed by atoms with Gasteiger partial charge in [0.25, 0.3) is 0 Å². The van der Waals surface area contributed by atoms with Gasteiger partial charge < -0.3 is 10.1 Å². The molecule has 0 aromatic heterocycles. The van der Waals surface area contributed by atoms with Gasteiger partial charge in [0.1, 0.15) is 0 Å². The molecule has 0 bridgehead atoms. The monoisotopic (exact) mass is 243 g/mol. The summed E-state index contributed by atoms with van der Waals surface area (Å²) in [5.74, 6) is 0. The summed E-state index contributed by atoms with van der Waals surface area (Å²) in [6.45, 7) is 0.486. The van der Waals surface area contributed by atoms with Crippen molar-refractivity contribution >= 4 is 22.0 Å². The van der Waals surface area contributed by atoms with E-state index >= 15 is 0 Å². The van der Waals surface area contributed by atoms with E-state index in [1.165, 1.54) is 7.11 Å². The van der Waals surface area contributed by atoms with Crippen LogP contribution < -0.4 is 5.32 Å². The van der Waals surface area contributed by atoms with Crippen molar-refractivity contribution in [1.82, 2.24) is 5.32 Å². The molecule has 3 nitrogen and oxygen atoms in total. The van der Waals surface area contributed by atoms with Crippen LogP contribution in [0.15, 0.2) is 28.7 Å². The number of alkyl carbamates (subject to hydrolysis) is 1. The zero-order valence-corrected chi connectivity index (χ0v) is 8.80. The molecule has 0 saturated carbocycles. The van der Waals surface area contributed by atoms with Gasteiger partial charge in [-0.15, -0.1) is 0 Å². The van der Waals surface area contributed by atoms with Crippen molar-refractivity contribution in [2.24, 2.45) is 0 Å². The van der Waals surface area contributed by atoms with Crippen LogP contribution in [0.2, 0.25) is 0 Å². The van der Waals surface area contributed by atoms with E-state index < -0.39 is 6.09 Å². The van der Waals surface area contributed by atoms with Crippen LogP contribution in [0.1, 0.15) is 5.56 Å². The third-order valence-electron chi connectivity index (χ3n) is 1.54. The molecule has 0 radical (unpaired) electrons. The minimum atomic E-state index is -0.414. The molecule has 1 N–H and O–H groups in total. The number of carbonyl (C=O) groups is 1. The predicted octanol–water partition coefficient (Wildman–Crippen LogP) is 2.31. The van der Waals surface area contributed by atoms with Crippen molar-refractivity contribution in [3.8, 4) is 0 Å². The van der Waals surface area contributed by atoms with E-state index in [0.717, 1.165) is 10.0 Å². The number of nitrogens with one attached hydrogen (secondary N) is 1. The van der Waals surface area contributed by atoms with Crippen LogP contribution in [0.25, 0.3) is 0 Å². The summed E-state index contributed by atoms with van der Waals surface area (Å²) in [7, 11) is 1.34. The first kappa shape index (κ1) is 10.1. The number of rotatable bonds is 2. The highest BCUT2D eigenvalue weighted by Gasteiger charge is 1.97. The summed E-state index contributed by atoms with van der Waals surface area (Å²) in [6, 6.07) is 7.71. The van der Waals surface area contributed by atoms with Crippen molar-refractivity contribution in [3.63, 3.8) is 0 Å². The largest absolute Gasteiger partial charge is 0.453 e. The van der Waals surface area contributed by atoms with E-state index in [1.807, 2.05) is 24.3 Å². The molecule has 0 unspecified atom stereocenters. The first-order valence-corrected chi connectivity index (χ1v) is 4.58. The number of carbonyl (C=O) groups excluding carboxylic acids is 1. The standard InChI is InChI=1S/C9H10BrNO2/c1-13-9(12)11-6-7-2-4-8(10)5-3-7/h2-5H,6H2,1H3,(H,11,12). The fourth-order valence-electron chi connectivity index (χ4n) is 0.849. The lowest BCUT2D eigenvalue weighted by molar-refractivity contribution is 0.170. The molecule has 0 aliphatic heterocycles. The van der Waals surface area contributed by atoms with Gasteiger partial charge in [0.05, 0.1) is 7.11 Å². The summed E-state index contributed by atoms with van der Waals surface area (Å²) >= 11 is 3.33. The number of ether oxygens (including phenoxy) is 1. The van der Waals surface area contributed by atoms with E-state index in [1.54, 1.807) is 0 Å². The van der Waals surface area contributed by atoms with Crippen LogP contribution >= 0.6 is 15.9 Å². The molecule has 0 spiro atoms. The highest BCUT2D eigenvalue weighted by atomic mass is 79.9. The smallest absolute Gasteiger partial charge is 0.407 e. The quantitative estimate of drug-likeness (QED) is 0.866. The van der Waals surface area contributed by atoms with Crippen molar-refractivity contribution in [1.29, 1.82) is 0 Å². The molecule has 0 heterocycles. The lowest BCUT2D eigenvalue weighted by Gasteiger charge is -2.03. The Balaban J connectivity index is 2.46. The topological polar surface area (TPSA) is 38.3 Å². The number of hydrogen-bond acceptors (Lipinski definition) is 2. The number of hydrogen-bond donors (Lipinski definition) is 1. The zero-order valence-electron chi connectivity index (χ0n) is 7.21. The van der Waals surface area contributed by atoms with Crippen molar-refractivity contribution in [2.45, 2.75) is 6.54 Å². The third kappa shape index (κ3) is 3.46. The van der Waals surface area contributed by atoms with Gasteiger partial charge in [0, 0.05) is 11.0 Å². The lowest BCUT2D eigenvalue weighted by Crippen LogP contribution is -2.22. The Hall–Kier alpha value is -1.03. The van der Waals surface area contributed by atoms with E-state index in [2.05, 4.69) is 26.0 Å². The van der Waals surface area contributed by atoms with E-state index in [9.17, 15) is 4.79 Å².